The van der Waals surface area contributed by atoms with Gasteiger partial charge in [-0.25, -0.2) is 0 Å². The van der Waals surface area contributed by atoms with Crippen molar-refractivity contribution in [2.45, 2.75) is 274 Å². The van der Waals surface area contributed by atoms with Crippen LogP contribution in [0.4, 0.5) is 0 Å². The quantitative estimate of drug-likeness (QED) is 0.0176. The Labute approximate surface area is 393 Å². The highest BCUT2D eigenvalue weighted by molar-refractivity contribution is 5.69. The summed E-state index contributed by atoms with van der Waals surface area (Å²) in [6.45, 7) is 3.68. The first-order valence-corrected chi connectivity index (χ1v) is 26.3. The first-order valence-electron chi connectivity index (χ1n) is 26.3. The van der Waals surface area contributed by atoms with E-state index in [2.05, 4.69) is 26.0 Å². The minimum Gasteiger partial charge on any atom is -0.457 e. The van der Waals surface area contributed by atoms with Crippen LogP contribution in [-0.4, -0.2) is 142 Å². The Morgan fingerprint density at radius 1 is 0.492 bits per heavy atom. The van der Waals surface area contributed by atoms with Gasteiger partial charge in [0.05, 0.1) is 26.4 Å². The number of ether oxygens (including phenoxy) is 6. The first-order chi connectivity index (χ1) is 31.6. The van der Waals surface area contributed by atoms with Gasteiger partial charge in [0, 0.05) is 13.0 Å². The molecule has 0 aromatic rings. The lowest BCUT2D eigenvalue weighted by molar-refractivity contribution is -0.332. The van der Waals surface area contributed by atoms with Crippen LogP contribution in [0.25, 0.3) is 0 Å². The highest BCUT2D eigenvalue weighted by atomic mass is 16.7. The summed E-state index contributed by atoms with van der Waals surface area (Å²) < 4.78 is 34.3. The van der Waals surface area contributed by atoms with E-state index >= 15 is 0 Å². The maximum atomic E-state index is 13.0. The van der Waals surface area contributed by atoms with Gasteiger partial charge in [0.15, 0.2) is 12.6 Å². The lowest BCUT2D eigenvalue weighted by atomic mass is 9.98. The van der Waals surface area contributed by atoms with Gasteiger partial charge in [0.1, 0.15) is 54.9 Å². The van der Waals surface area contributed by atoms with Gasteiger partial charge < -0.3 is 64.2 Å². The molecule has 2 aliphatic heterocycles. The van der Waals surface area contributed by atoms with Gasteiger partial charge in [-0.15, -0.1) is 0 Å². The minimum absolute atomic E-state index is 0.0626. The molecule has 384 valence electrons. The Kier molecular flexibility index (Phi) is 36.4. The Bertz CT molecular complexity index is 1130. The SMILES string of the molecule is CCCCC/C=C\CCCCCCCCOCC(COC1OC(COC2OC(CO)C(O)C(O)C2O)C(O)C(O)C1O)OC(=O)CCCCCCCCCCCCCCCCCCCC. The molecule has 11 unspecified atom stereocenters. The van der Waals surface area contributed by atoms with Gasteiger partial charge in [-0.2, -0.15) is 0 Å². The van der Waals surface area contributed by atoms with Crippen LogP contribution < -0.4 is 0 Å². The van der Waals surface area contributed by atoms with Crippen molar-refractivity contribution in [2.24, 2.45) is 0 Å². The fraction of sp³-hybridized carbons (Fsp3) is 0.941. The summed E-state index contributed by atoms with van der Waals surface area (Å²) in [5.74, 6) is -0.374. The van der Waals surface area contributed by atoms with Gasteiger partial charge >= 0.3 is 5.97 Å². The Morgan fingerprint density at radius 3 is 1.43 bits per heavy atom. The first kappa shape index (κ1) is 59.9. The lowest BCUT2D eigenvalue weighted by Gasteiger charge is -2.42. The standard InChI is InChI=1S/C51H96O14/c1-3-5-7-9-11-13-15-17-18-19-20-21-22-24-26-28-30-32-34-43(53)63-40(37-60-35-33-31-29-27-25-23-16-14-12-10-8-6-4-2)38-61-50-49(59)47(57)45(55)42(65-50)39-62-51-48(58)46(56)44(54)41(36-52)64-51/h12,14,40-42,44-52,54-59H,3-11,13,15-39H2,1-2H3/b14-12-. The van der Waals surface area contributed by atoms with Crippen LogP contribution in [0.15, 0.2) is 12.2 Å². The zero-order valence-electron chi connectivity index (χ0n) is 40.7. The topological polar surface area (TPSA) is 214 Å². The number of carbonyl (C=O) groups excluding carboxylic acids is 1. The summed E-state index contributed by atoms with van der Waals surface area (Å²) in [6, 6.07) is 0. The molecule has 65 heavy (non-hydrogen) atoms. The van der Waals surface area contributed by atoms with Gasteiger partial charge in [-0.05, 0) is 38.5 Å². The number of aliphatic hydroxyl groups is 7. The summed E-state index contributed by atoms with van der Waals surface area (Å²) in [7, 11) is 0. The molecule has 7 N–H and O–H groups in total. The third kappa shape index (κ3) is 27.5. The van der Waals surface area contributed by atoms with E-state index in [-0.39, 0.29) is 25.6 Å². The fourth-order valence-electron chi connectivity index (χ4n) is 8.46. The minimum atomic E-state index is -1.70. The van der Waals surface area contributed by atoms with Crippen molar-refractivity contribution in [3.8, 4) is 0 Å². The highest BCUT2D eigenvalue weighted by Gasteiger charge is 2.47. The predicted molar refractivity (Wildman–Crippen MR) is 252 cm³/mol. The number of allylic oxidation sites excluding steroid dienone is 2. The zero-order chi connectivity index (χ0) is 47.3. The second-order valence-corrected chi connectivity index (χ2v) is 18.7. The van der Waals surface area contributed by atoms with Crippen molar-refractivity contribution in [1.29, 1.82) is 0 Å². The fourth-order valence-corrected chi connectivity index (χ4v) is 8.46. The molecule has 0 spiro atoms. The maximum Gasteiger partial charge on any atom is 0.306 e. The number of carbonyl (C=O) groups is 1. The molecule has 14 heteroatoms. The molecule has 0 aromatic heterocycles. The molecule has 0 radical (unpaired) electrons. The molecule has 0 aromatic carbocycles. The van der Waals surface area contributed by atoms with Gasteiger partial charge in [0.2, 0.25) is 0 Å². The molecular weight excluding hydrogens is 837 g/mol. The second-order valence-electron chi connectivity index (χ2n) is 18.7. The van der Waals surface area contributed by atoms with Crippen LogP contribution in [0.5, 0.6) is 0 Å². The molecule has 0 aliphatic carbocycles. The number of esters is 1. The number of hydrogen-bond acceptors (Lipinski definition) is 14. The van der Waals surface area contributed by atoms with E-state index in [0.29, 0.717) is 13.0 Å². The summed E-state index contributed by atoms with van der Waals surface area (Å²) in [5.41, 5.74) is 0. The molecular formula is C51H96O14. The Hall–Kier alpha value is -1.27. The molecule has 0 bridgehead atoms. The van der Waals surface area contributed by atoms with Crippen molar-refractivity contribution in [3.05, 3.63) is 12.2 Å². The number of unbranched alkanes of at least 4 members (excludes halogenated alkanes) is 26. The summed E-state index contributed by atoms with van der Waals surface area (Å²) in [6.07, 6.45) is 24.1. The molecule has 2 saturated heterocycles. The van der Waals surface area contributed by atoms with E-state index in [1.54, 1.807) is 0 Å². The van der Waals surface area contributed by atoms with Crippen LogP contribution in [-0.2, 0) is 33.2 Å². The smallest absolute Gasteiger partial charge is 0.306 e. The highest BCUT2D eigenvalue weighted by Crippen LogP contribution is 2.26. The lowest BCUT2D eigenvalue weighted by Crippen LogP contribution is -2.61. The molecule has 2 fully saturated rings. The van der Waals surface area contributed by atoms with Gasteiger partial charge in [-0.3, -0.25) is 4.79 Å². The van der Waals surface area contributed by atoms with Crippen LogP contribution in [0.3, 0.4) is 0 Å². The van der Waals surface area contributed by atoms with E-state index in [4.69, 9.17) is 28.4 Å². The van der Waals surface area contributed by atoms with Gasteiger partial charge in [0.25, 0.3) is 0 Å². The third-order valence-electron chi connectivity index (χ3n) is 12.8. The van der Waals surface area contributed by atoms with Crippen LogP contribution in [0.2, 0.25) is 0 Å². The Balaban J connectivity index is 1.75. The monoisotopic (exact) mass is 933 g/mol. The molecule has 11 atom stereocenters. The molecule has 0 amide bonds. The van der Waals surface area contributed by atoms with Crippen molar-refractivity contribution < 1.29 is 69.0 Å². The number of rotatable bonds is 42. The van der Waals surface area contributed by atoms with Crippen molar-refractivity contribution in [1.82, 2.24) is 0 Å². The van der Waals surface area contributed by atoms with Crippen molar-refractivity contribution in [2.75, 3.05) is 33.0 Å². The van der Waals surface area contributed by atoms with Crippen LogP contribution in [0.1, 0.15) is 206 Å². The number of aliphatic hydroxyl groups excluding tert-OH is 7. The Morgan fingerprint density at radius 2 is 0.908 bits per heavy atom. The van der Waals surface area contributed by atoms with E-state index in [1.165, 1.54) is 135 Å². The van der Waals surface area contributed by atoms with Crippen LogP contribution in [0, 0.1) is 0 Å². The third-order valence-corrected chi connectivity index (χ3v) is 12.8. The van der Waals surface area contributed by atoms with Gasteiger partial charge in [-0.1, -0.05) is 174 Å². The average molecular weight is 933 g/mol. The van der Waals surface area contributed by atoms with E-state index in [0.717, 1.165) is 44.9 Å². The van der Waals surface area contributed by atoms with E-state index in [1.807, 2.05) is 0 Å². The maximum absolute atomic E-state index is 13.0. The largest absolute Gasteiger partial charge is 0.457 e. The van der Waals surface area contributed by atoms with E-state index in [9.17, 15) is 40.5 Å². The molecule has 14 nitrogen and oxygen atoms in total. The molecule has 2 aliphatic rings. The average Bonchev–Trinajstić information content (AvgIpc) is 3.30. The predicted octanol–water partition coefficient (Wildman–Crippen LogP) is 7.85. The second kappa shape index (κ2) is 39.6. The molecule has 2 heterocycles. The van der Waals surface area contributed by atoms with Crippen molar-refractivity contribution >= 4 is 5.97 Å². The molecule has 0 saturated carbocycles. The normalized spacial score (nSPS) is 26.5. The summed E-state index contributed by atoms with van der Waals surface area (Å²) in [4.78, 5) is 13.0. The summed E-state index contributed by atoms with van der Waals surface area (Å²) in [5, 5.41) is 72.1. The van der Waals surface area contributed by atoms with E-state index < -0.39 is 80.7 Å². The van der Waals surface area contributed by atoms with Crippen molar-refractivity contribution in [3.63, 3.8) is 0 Å². The zero-order valence-corrected chi connectivity index (χ0v) is 40.7. The molecule has 2 rings (SSSR count). The summed E-state index contributed by atoms with van der Waals surface area (Å²) >= 11 is 0. The number of hydrogen-bond donors (Lipinski definition) is 7. The van der Waals surface area contributed by atoms with Crippen LogP contribution >= 0.6 is 0 Å².